The third-order valence-electron chi connectivity index (χ3n) is 1.97. The van der Waals surface area contributed by atoms with Crippen LogP contribution in [0.2, 0.25) is 0 Å². The Hall–Kier alpha value is -0.870. The molecule has 4 heteroatoms. The maximum absolute atomic E-state index is 5.83. The summed E-state index contributed by atoms with van der Waals surface area (Å²) in [5.41, 5.74) is 6.62. The maximum atomic E-state index is 5.83. The van der Waals surface area contributed by atoms with Gasteiger partial charge in [-0.1, -0.05) is 0 Å². The van der Waals surface area contributed by atoms with E-state index in [1.54, 1.807) is 11.3 Å². The average molecular weight is 225 g/mol. The van der Waals surface area contributed by atoms with Crippen molar-refractivity contribution < 1.29 is 4.74 Å². The lowest BCUT2D eigenvalue weighted by Gasteiger charge is -2.04. The molecule has 0 atom stereocenters. The number of ether oxygens (including phenoxy) is 1. The number of nitrogens with two attached hydrogens (primary N) is 1. The van der Waals surface area contributed by atoms with Crippen molar-refractivity contribution in [2.24, 2.45) is 0 Å². The van der Waals surface area contributed by atoms with E-state index in [0.29, 0.717) is 6.61 Å². The number of hydrogen-bond acceptors (Lipinski definition) is 4. The first-order valence-corrected chi connectivity index (χ1v) is 5.67. The zero-order valence-corrected chi connectivity index (χ0v) is 9.49. The summed E-state index contributed by atoms with van der Waals surface area (Å²) in [6.45, 7) is 2.61. The predicted octanol–water partition coefficient (Wildman–Crippen LogP) is 3.17. The van der Waals surface area contributed by atoms with E-state index in [9.17, 15) is 0 Å². The fraction of sp³-hybridized carbons (Fsp3) is 0.200. The van der Waals surface area contributed by atoms with Crippen LogP contribution in [-0.4, -0.2) is 6.61 Å². The Balaban J connectivity index is 2.63. The number of nitrogen functional groups attached to an aromatic ring is 1. The quantitative estimate of drug-likeness (QED) is 0.770. The Morgan fingerprint density at radius 3 is 3.00 bits per heavy atom. The first-order chi connectivity index (χ1) is 6.72. The summed E-state index contributed by atoms with van der Waals surface area (Å²) in [6.07, 6.45) is 0. The van der Waals surface area contributed by atoms with Gasteiger partial charge in [-0.05, 0) is 19.1 Å². The first kappa shape index (κ1) is 9.68. The van der Waals surface area contributed by atoms with Gasteiger partial charge in [0.05, 0.1) is 12.3 Å². The van der Waals surface area contributed by atoms with Gasteiger partial charge in [-0.3, -0.25) is 0 Å². The van der Waals surface area contributed by atoms with E-state index in [0.717, 1.165) is 26.4 Å². The Kier molecular flexibility index (Phi) is 2.56. The van der Waals surface area contributed by atoms with Crippen LogP contribution in [-0.2, 0) is 0 Å². The summed E-state index contributed by atoms with van der Waals surface area (Å²) in [5, 5.41) is 2.96. The van der Waals surface area contributed by atoms with E-state index >= 15 is 0 Å². The van der Waals surface area contributed by atoms with Crippen LogP contribution in [0.15, 0.2) is 22.4 Å². The molecule has 0 saturated heterocycles. The summed E-state index contributed by atoms with van der Waals surface area (Å²) in [4.78, 5) is 0.924. The highest BCUT2D eigenvalue weighted by Crippen LogP contribution is 2.36. The molecule has 0 radical (unpaired) electrons. The van der Waals surface area contributed by atoms with Crippen LogP contribution in [0.25, 0.3) is 10.1 Å². The zero-order chi connectivity index (χ0) is 10.1. The molecule has 0 saturated carbocycles. The van der Waals surface area contributed by atoms with Gasteiger partial charge in [-0.15, -0.1) is 24.0 Å². The standard InChI is InChI=1S/C10H11NOS2/c1-2-12-6-3-7-8(11)5-14-10(7)9(13)4-6/h3-5,13H,2,11H2,1H3. The summed E-state index contributed by atoms with van der Waals surface area (Å²) in [7, 11) is 0. The van der Waals surface area contributed by atoms with Gasteiger partial charge in [0.15, 0.2) is 0 Å². The highest BCUT2D eigenvalue weighted by molar-refractivity contribution is 7.80. The first-order valence-electron chi connectivity index (χ1n) is 4.35. The Bertz CT molecular complexity index is 464. The van der Waals surface area contributed by atoms with E-state index in [4.69, 9.17) is 10.5 Å². The third-order valence-corrected chi connectivity index (χ3v) is 3.52. The number of benzene rings is 1. The van der Waals surface area contributed by atoms with Crippen LogP contribution in [0.4, 0.5) is 5.69 Å². The summed E-state index contributed by atoms with van der Waals surface area (Å²) >= 11 is 6.01. The zero-order valence-electron chi connectivity index (χ0n) is 7.78. The van der Waals surface area contributed by atoms with Crippen molar-refractivity contribution in [1.29, 1.82) is 0 Å². The van der Waals surface area contributed by atoms with Gasteiger partial charge in [0.2, 0.25) is 0 Å². The molecule has 74 valence electrons. The van der Waals surface area contributed by atoms with E-state index in [2.05, 4.69) is 12.6 Å². The second kappa shape index (κ2) is 3.71. The molecule has 2 N–H and O–H groups in total. The largest absolute Gasteiger partial charge is 0.494 e. The molecule has 1 aromatic carbocycles. The normalized spacial score (nSPS) is 10.7. The van der Waals surface area contributed by atoms with Crippen molar-refractivity contribution in [3.63, 3.8) is 0 Å². The number of fused-ring (bicyclic) bond motifs is 1. The fourth-order valence-corrected chi connectivity index (χ4v) is 2.62. The van der Waals surface area contributed by atoms with E-state index < -0.39 is 0 Å². The predicted molar refractivity (Wildman–Crippen MR) is 64.7 cm³/mol. The van der Waals surface area contributed by atoms with Gasteiger partial charge in [-0.25, -0.2) is 0 Å². The van der Waals surface area contributed by atoms with Crippen LogP contribution < -0.4 is 10.5 Å². The number of thiol groups is 1. The molecule has 0 aliphatic rings. The van der Waals surface area contributed by atoms with Gasteiger partial charge >= 0.3 is 0 Å². The number of rotatable bonds is 2. The lowest BCUT2D eigenvalue weighted by atomic mass is 10.2. The third kappa shape index (κ3) is 1.55. The molecular weight excluding hydrogens is 214 g/mol. The lowest BCUT2D eigenvalue weighted by molar-refractivity contribution is 0.340. The van der Waals surface area contributed by atoms with E-state index in [1.165, 1.54) is 0 Å². The Morgan fingerprint density at radius 2 is 2.29 bits per heavy atom. The second-order valence-electron chi connectivity index (χ2n) is 2.94. The van der Waals surface area contributed by atoms with Crippen LogP contribution >= 0.6 is 24.0 Å². The molecule has 0 spiro atoms. The summed E-state index contributed by atoms with van der Waals surface area (Å²) in [6, 6.07) is 3.88. The SMILES string of the molecule is CCOc1cc(S)c2scc(N)c2c1. The molecule has 2 aromatic rings. The highest BCUT2D eigenvalue weighted by atomic mass is 32.1. The van der Waals surface area contributed by atoms with Crippen molar-refractivity contribution in [1.82, 2.24) is 0 Å². The van der Waals surface area contributed by atoms with Crippen LogP contribution in [0.5, 0.6) is 5.75 Å². The van der Waals surface area contributed by atoms with E-state index in [-0.39, 0.29) is 0 Å². The maximum Gasteiger partial charge on any atom is 0.121 e. The molecule has 14 heavy (non-hydrogen) atoms. The van der Waals surface area contributed by atoms with Crippen molar-refractivity contribution in [3.05, 3.63) is 17.5 Å². The van der Waals surface area contributed by atoms with Gasteiger partial charge in [0.1, 0.15) is 5.75 Å². The molecule has 2 rings (SSSR count). The molecule has 0 amide bonds. The fourth-order valence-electron chi connectivity index (χ4n) is 1.36. The molecule has 2 nitrogen and oxygen atoms in total. The highest BCUT2D eigenvalue weighted by Gasteiger charge is 2.06. The molecule has 1 heterocycles. The molecule has 0 aliphatic carbocycles. The number of anilines is 1. The molecule has 0 aliphatic heterocycles. The van der Waals surface area contributed by atoms with Crippen LogP contribution in [0.3, 0.4) is 0 Å². The van der Waals surface area contributed by atoms with Gasteiger partial charge in [0, 0.05) is 20.4 Å². The molecule has 0 unspecified atom stereocenters. The second-order valence-corrected chi connectivity index (χ2v) is 4.30. The minimum Gasteiger partial charge on any atom is -0.494 e. The molecule has 0 bridgehead atoms. The monoisotopic (exact) mass is 225 g/mol. The minimum atomic E-state index is 0.656. The van der Waals surface area contributed by atoms with Gasteiger partial charge in [0.25, 0.3) is 0 Å². The van der Waals surface area contributed by atoms with E-state index in [1.807, 2.05) is 24.4 Å². The van der Waals surface area contributed by atoms with Crippen molar-refractivity contribution in [2.75, 3.05) is 12.3 Å². The van der Waals surface area contributed by atoms with Gasteiger partial charge < -0.3 is 10.5 Å². The Labute approximate surface area is 92.1 Å². The van der Waals surface area contributed by atoms with Crippen LogP contribution in [0.1, 0.15) is 6.92 Å². The van der Waals surface area contributed by atoms with Crippen LogP contribution in [0, 0.1) is 0 Å². The number of hydrogen-bond donors (Lipinski definition) is 2. The van der Waals surface area contributed by atoms with Crippen molar-refractivity contribution >= 4 is 39.7 Å². The lowest BCUT2D eigenvalue weighted by Crippen LogP contribution is -1.91. The number of thiophene rings is 1. The van der Waals surface area contributed by atoms with Crippen molar-refractivity contribution in [3.8, 4) is 5.75 Å². The average Bonchev–Trinajstić information content (AvgIpc) is 2.49. The molecule has 1 aromatic heterocycles. The minimum absolute atomic E-state index is 0.656. The Morgan fingerprint density at radius 1 is 1.50 bits per heavy atom. The smallest absolute Gasteiger partial charge is 0.121 e. The molecule has 0 fully saturated rings. The summed E-state index contributed by atoms with van der Waals surface area (Å²) < 4.78 is 6.54. The molecular formula is C10H11NOS2. The topological polar surface area (TPSA) is 35.2 Å². The van der Waals surface area contributed by atoms with Gasteiger partial charge in [-0.2, -0.15) is 0 Å². The van der Waals surface area contributed by atoms with Crippen molar-refractivity contribution in [2.45, 2.75) is 11.8 Å². The summed E-state index contributed by atoms with van der Waals surface area (Å²) in [5.74, 6) is 0.829.